The maximum absolute atomic E-state index is 14.3. The largest absolute Gasteiger partial charge is 0.284 e. The number of H-pyrrole nitrogens is 1. The van der Waals surface area contributed by atoms with Crippen LogP contribution >= 0.6 is 11.6 Å². The van der Waals surface area contributed by atoms with E-state index in [-0.39, 0.29) is 10.6 Å². The van der Waals surface area contributed by atoms with Crippen molar-refractivity contribution in [2.45, 2.75) is 18.9 Å². The van der Waals surface area contributed by atoms with E-state index in [1.54, 1.807) is 10.8 Å². The quantitative estimate of drug-likeness (QED) is 0.485. The van der Waals surface area contributed by atoms with E-state index in [9.17, 15) is 9.18 Å². The van der Waals surface area contributed by atoms with Crippen molar-refractivity contribution in [1.82, 2.24) is 24.5 Å². The zero-order chi connectivity index (χ0) is 19.0. The molecule has 1 aliphatic rings. The number of hydrogen-bond acceptors (Lipinski definition) is 3. The first-order chi connectivity index (χ1) is 13.6. The number of rotatable bonds is 2. The molecule has 0 radical (unpaired) electrons. The Hall–Kier alpha value is -3.19. The smallest absolute Gasteiger partial charge is 0.278 e. The van der Waals surface area contributed by atoms with E-state index in [4.69, 9.17) is 11.6 Å². The number of pyridine rings is 1. The SMILES string of the molecule is O=c1c2nn(C3CC3)cc2c2cc(F)c(Cl)cc2n1-c1cccc2[nH]ncc12. The van der Waals surface area contributed by atoms with Crippen molar-refractivity contribution in [2.24, 2.45) is 0 Å². The van der Waals surface area contributed by atoms with Crippen LogP contribution in [0.5, 0.6) is 0 Å². The topological polar surface area (TPSA) is 68.5 Å². The third-order valence-corrected chi connectivity index (χ3v) is 5.62. The van der Waals surface area contributed by atoms with Crippen molar-refractivity contribution < 1.29 is 4.39 Å². The minimum Gasteiger partial charge on any atom is -0.278 e. The third kappa shape index (κ3) is 2.10. The summed E-state index contributed by atoms with van der Waals surface area (Å²) in [5, 5.41) is 13.5. The lowest BCUT2D eigenvalue weighted by Crippen LogP contribution is -2.20. The Morgan fingerprint density at radius 2 is 2.04 bits per heavy atom. The summed E-state index contributed by atoms with van der Waals surface area (Å²) in [6, 6.07) is 8.74. The standard InChI is InChI=1S/C20H13ClFN5O/c21-14-7-18-11(6-15(14)22)13-9-26(10-4-5-10)25-19(13)20(28)27(18)17-3-1-2-16-12(17)8-23-24-16/h1-3,6-10H,4-5H2,(H,23,24). The summed E-state index contributed by atoms with van der Waals surface area (Å²) in [6.07, 6.45) is 5.58. The zero-order valence-electron chi connectivity index (χ0n) is 14.5. The molecule has 6 rings (SSSR count). The maximum Gasteiger partial charge on any atom is 0.284 e. The molecule has 28 heavy (non-hydrogen) atoms. The van der Waals surface area contributed by atoms with Crippen molar-refractivity contribution in [3.05, 3.63) is 63.9 Å². The van der Waals surface area contributed by atoms with E-state index in [1.807, 2.05) is 29.1 Å². The molecule has 2 aromatic carbocycles. The highest BCUT2D eigenvalue weighted by atomic mass is 35.5. The molecule has 5 aromatic rings. The number of fused-ring (bicyclic) bond motifs is 4. The van der Waals surface area contributed by atoms with Gasteiger partial charge in [-0.3, -0.25) is 19.1 Å². The van der Waals surface area contributed by atoms with E-state index >= 15 is 0 Å². The summed E-state index contributed by atoms with van der Waals surface area (Å²) in [5.41, 5.74) is 2.04. The van der Waals surface area contributed by atoms with Crippen LogP contribution in [0.25, 0.3) is 38.4 Å². The second-order valence-corrected chi connectivity index (χ2v) is 7.54. The minimum atomic E-state index is -0.527. The summed E-state index contributed by atoms with van der Waals surface area (Å²) < 4.78 is 17.7. The highest BCUT2D eigenvalue weighted by Gasteiger charge is 2.26. The fourth-order valence-electron chi connectivity index (χ4n) is 3.81. The molecule has 8 heteroatoms. The number of nitrogens with one attached hydrogen (secondary N) is 1. The van der Waals surface area contributed by atoms with E-state index < -0.39 is 5.82 Å². The van der Waals surface area contributed by atoms with Gasteiger partial charge < -0.3 is 0 Å². The molecule has 138 valence electrons. The number of aromatic amines is 1. The second kappa shape index (κ2) is 5.42. The molecule has 1 N–H and O–H groups in total. The first-order valence-electron chi connectivity index (χ1n) is 8.97. The van der Waals surface area contributed by atoms with Crippen LogP contribution in [0.3, 0.4) is 0 Å². The van der Waals surface area contributed by atoms with Gasteiger partial charge in [-0.1, -0.05) is 17.7 Å². The molecule has 6 nitrogen and oxygen atoms in total. The fraction of sp³-hybridized carbons (Fsp3) is 0.150. The fourth-order valence-corrected chi connectivity index (χ4v) is 3.97. The Bertz CT molecular complexity index is 1480. The lowest BCUT2D eigenvalue weighted by atomic mass is 10.1. The zero-order valence-corrected chi connectivity index (χ0v) is 15.2. The van der Waals surface area contributed by atoms with Crippen LogP contribution in [-0.4, -0.2) is 24.5 Å². The molecule has 1 saturated carbocycles. The molecule has 1 aliphatic carbocycles. The summed E-state index contributed by atoms with van der Waals surface area (Å²) in [6.45, 7) is 0. The predicted octanol–water partition coefficient (Wildman–Crippen LogP) is 4.34. The minimum absolute atomic E-state index is 0.0334. The van der Waals surface area contributed by atoms with Crippen LogP contribution < -0.4 is 5.56 Å². The number of halogens is 2. The molecular formula is C20H13ClFN5O. The number of nitrogens with zero attached hydrogens (tertiary/aromatic N) is 4. The van der Waals surface area contributed by atoms with Gasteiger partial charge in [0.15, 0.2) is 5.52 Å². The van der Waals surface area contributed by atoms with E-state index in [0.29, 0.717) is 33.5 Å². The normalized spacial score (nSPS) is 14.5. The molecule has 0 aliphatic heterocycles. The molecule has 0 spiro atoms. The molecule has 0 saturated heterocycles. The van der Waals surface area contributed by atoms with Crippen LogP contribution in [-0.2, 0) is 0 Å². The monoisotopic (exact) mass is 393 g/mol. The average molecular weight is 394 g/mol. The molecule has 0 amide bonds. The molecule has 0 bridgehead atoms. The Labute approximate surface area is 162 Å². The average Bonchev–Trinajstić information content (AvgIpc) is 3.25. The summed E-state index contributed by atoms with van der Waals surface area (Å²) in [5.74, 6) is -0.527. The van der Waals surface area contributed by atoms with Gasteiger partial charge in [-0.05, 0) is 37.1 Å². The van der Waals surface area contributed by atoms with Crippen LogP contribution in [0.4, 0.5) is 4.39 Å². The van der Waals surface area contributed by atoms with E-state index in [1.165, 1.54) is 12.1 Å². The summed E-state index contributed by atoms with van der Waals surface area (Å²) >= 11 is 6.08. The van der Waals surface area contributed by atoms with Gasteiger partial charge in [-0.25, -0.2) is 4.39 Å². The van der Waals surface area contributed by atoms with Gasteiger partial charge in [-0.2, -0.15) is 10.2 Å². The second-order valence-electron chi connectivity index (χ2n) is 7.13. The first-order valence-corrected chi connectivity index (χ1v) is 9.35. The van der Waals surface area contributed by atoms with Gasteiger partial charge in [0, 0.05) is 22.4 Å². The lowest BCUT2D eigenvalue weighted by Gasteiger charge is -2.12. The molecule has 3 aromatic heterocycles. The third-order valence-electron chi connectivity index (χ3n) is 5.33. The van der Waals surface area contributed by atoms with Crippen molar-refractivity contribution in [2.75, 3.05) is 0 Å². The molecule has 3 heterocycles. The highest BCUT2D eigenvalue weighted by Crippen LogP contribution is 2.36. The molecular weight excluding hydrogens is 381 g/mol. The summed E-state index contributed by atoms with van der Waals surface area (Å²) in [7, 11) is 0. The Morgan fingerprint density at radius 1 is 1.18 bits per heavy atom. The first kappa shape index (κ1) is 15.8. The van der Waals surface area contributed by atoms with Crippen molar-refractivity contribution in [3.8, 4) is 5.69 Å². The van der Waals surface area contributed by atoms with Gasteiger partial charge in [0.1, 0.15) is 5.82 Å². The maximum atomic E-state index is 14.3. The summed E-state index contributed by atoms with van der Waals surface area (Å²) in [4.78, 5) is 13.5. The number of aromatic nitrogens is 5. The van der Waals surface area contributed by atoms with Crippen molar-refractivity contribution in [1.29, 1.82) is 0 Å². The predicted molar refractivity (Wildman–Crippen MR) is 106 cm³/mol. The van der Waals surface area contributed by atoms with Crippen LogP contribution in [0.1, 0.15) is 18.9 Å². The highest BCUT2D eigenvalue weighted by molar-refractivity contribution is 6.31. The van der Waals surface area contributed by atoms with Crippen molar-refractivity contribution in [3.63, 3.8) is 0 Å². The Kier molecular flexibility index (Phi) is 3.06. The number of hydrogen-bond donors (Lipinski definition) is 1. The molecule has 1 fully saturated rings. The van der Waals surface area contributed by atoms with Gasteiger partial charge >= 0.3 is 0 Å². The van der Waals surface area contributed by atoms with E-state index in [2.05, 4.69) is 15.3 Å². The van der Waals surface area contributed by atoms with Gasteiger partial charge in [-0.15, -0.1) is 0 Å². The van der Waals surface area contributed by atoms with Crippen LogP contribution in [0.2, 0.25) is 5.02 Å². The van der Waals surface area contributed by atoms with Gasteiger partial charge in [0.25, 0.3) is 5.56 Å². The van der Waals surface area contributed by atoms with Gasteiger partial charge in [0.05, 0.1) is 34.0 Å². The Morgan fingerprint density at radius 3 is 2.86 bits per heavy atom. The number of benzene rings is 2. The van der Waals surface area contributed by atoms with E-state index in [0.717, 1.165) is 23.7 Å². The van der Waals surface area contributed by atoms with Gasteiger partial charge in [0.2, 0.25) is 0 Å². The molecule has 0 atom stereocenters. The van der Waals surface area contributed by atoms with Crippen molar-refractivity contribution >= 4 is 44.3 Å². The molecule has 0 unspecified atom stereocenters. The van der Waals surface area contributed by atoms with Crippen LogP contribution in [0.15, 0.2) is 47.5 Å². The van der Waals surface area contributed by atoms with Crippen LogP contribution in [0, 0.1) is 5.82 Å². The lowest BCUT2D eigenvalue weighted by molar-refractivity contribution is 0.630. The Balaban J connectivity index is 1.83.